The molecule has 0 spiro atoms. The van der Waals surface area contributed by atoms with Crippen molar-refractivity contribution in [2.75, 3.05) is 12.3 Å². The van der Waals surface area contributed by atoms with Gasteiger partial charge in [0, 0.05) is 30.5 Å². The lowest BCUT2D eigenvalue weighted by Gasteiger charge is -2.25. The Balaban J connectivity index is 1.82. The Morgan fingerprint density at radius 1 is 1.32 bits per heavy atom. The van der Waals surface area contributed by atoms with Crippen LogP contribution in [0.1, 0.15) is 51.5 Å². The summed E-state index contributed by atoms with van der Waals surface area (Å²) in [6, 6.07) is 4.33. The van der Waals surface area contributed by atoms with Crippen molar-refractivity contribution < 1.29 is 4.79 Å². The Morgan fingerprint density at radius 2 is 2.16 bits per heavy atom. The summed E-state index contributed by atoms with van der Waals surface area (Å²) in [7, 11) is 0. The molecule has 0 atom stereocenters. The molecule has 0 aliphatic heterocycles. The Kier molecular flexibility index (Phi) is 6.44. The highest BCUT2D eigenvalue weighted by Crippen LogP contribution is 2.35. The van der Waals surface area contributed by atoms with Crippen LogP contribution in [-0.2, 0) is 4.79 Å². The highest BCUT2D eigenvalue weighted by atomic mass is 32.2. The topological polar surface area (TPSA) is 72.7 Å². The third-order valence-electron chi connectivity index (χ3n) is 4.43. The van der Waals surface area contributed by atoms with Crippen LogP contribution in [0.15, 0.2) is 29.7 Å². The largest absolute Gasteiger partial charge is 0.355 e. The summed E-state index contributed by atoms with van der Waals surface area (Å²) in [6.45, 7) is 2.77. The van der Waals surface area contributed by atoms with E-state index >= 15 is 0 Å². The SMILES string of the molecule is CCCNC(=O)CSc1nnc(-c2cccnc2)n1C1CCCCC1. The monoisotopic (exact) mass is 359 g/mol. The number of hydrogen-bond acceptors (Lipinski definition) is 5. The number of pyridine rings is 1. The van der Waals surface area contributed by atoms with Gasteiger partial charge in [-0.1, -0.05) is 37.9 Å². The summed E-state index contributed by atoms with van der Waals surface area (Å²) in [5.74, 6) is 1.28. The number of rotatable bonds is 7. The van der Waals surface area contributed by atoms with Crippen molar-refractivity contribution in [2.45, 2.75) is 56.6 Å². The fraction of sp³-hybridized carbons (Fsp3) is 0.556. The Bertz CT molecular complexity index is 682. The summed E-state index contributed by atoms with van der Waals surface area (Å²) in [5, 5.41) is 12.6. The highest BCUT2D eigenvalue weighted by Gasteiger charge is 2.24. The van der Waals surface area contributed by atoms with E-state index in [4.69, 9.17) is 0 Å². The second kappa shape index (κ2) is 8.99. The molecular weight excluding hydrogens is 334 g/mol. The zero-order chi connectivity index (χ0) is 17.5. The van der Waals surface area contributed by atoms with Gasteiger partial charge in [0.2, 0.25) is 5.91 Å². The fourth-order valence-corrected chi connectivity index (χ4v) is 4.02. The van der Waals surface area contributed by atoms with Crippen molar-refractivity contribution in [3.63, 3.8) is 0 Å². The van der Waals surface area contributed by atoms with Gasteiger partial charge >= 0.3 is 0 Å². The second-order valence-corrected chi connectivity index (χ2v) is 7.29. The Morgan fingerprint density at radius 3 is 2.88 bits per heavy atom. The van der Waals surface area contributed by atoms with Gasteiger partial charge in [0.15, 0.2) is 11.0 Å². The quantitative estimate of drug-likeness (QED) is 0.767. The molecule has 0 radical (unpaired) electrons. The van der Waals surface area contributed by atoms with Gasteiger partial charge < -0.3 is 5.32 Å². The fourth-order valence-electron chi connectivity index (χ4n) is 3.18. The molecule has 3 rings (SSSR count). The van der Waals surface area contributed by atoms with E-state index in [1.807, 2.05) is 25.3 Å². The third-order valence-corrected chi connectivity index (χ3v) is 5.37. The molecule has 2 heterocycles. The van der Waals surface area contributed by atoms with Crippen LogP contribution in [0.5, 0.6) is 0 Å². The van der Waals surface area contributed by atoms with Gasteiger partial charge in [-0.15, -0.1) is 10.2 Å². The van der Waals surface area contributed by atoms with Crippen LogP contribution in [0.3, 0.4) is 0 Å². The molecule has 0 saturated heterocycles. The minimum Gasteiger partial charge on any atom is -0.355 e. The molecule has 134 valence electrons. The lowest BCUT2D eigenvalue weighted by molar-refractivity contribution is -0.118. The normalized spacial score (nSPS) is 15.2. The Labute approximate surface area is 152 Å². The van der Waals surface area contributed by atoms with Crippen LogP contribution in [0.2, 0.25) is 0 Å². The van der Waals surface area contributed by atoms with Gasteiger partial charge in [0.1, 0.15) is 0 Å². The van der Waals surface area contributed by atoms with E-state index in [1.165, 1.54) is 31.0 Å². The first-order chi connectivity index (χ1) is 12.3. The summed E-state index contributed by atoms with van der Waals surface area (Å²) in [4.78, 5) is 16.2. The highest BCUT2D eigenvalue weighted by molar-refractivity contribution is 7.99. The second-order valence-electron chi connectivity index (χ2n) is 6.35. The van der Waals surface area contributed by atoms with E-state index in [0.717, 1.165) is 42.4 Å². The third kappa shape index (κ3) is 4.60. The van der Waals surface area contributed by atoms with Crippen molar-refractivity contribution in [3.05, 3.63) is 24.5 Å². The number of thioether (sulfide) groups is 1. The summed E-state index contributed by atoms with van der Waals surface area (Å²) in [5.41, 5.74) is 0.975. The lowest BCUT2D eigenvalue weighted by atomic mass is 9.95. The maximum atomic E-state index is 11.9. The van der Waals surface area contributed by atoms with Crippen molar-refractivity contribution in [1.29, 1.82) is 0 Å². The van der Waals surface area contributed by atoms with E-state index in [-0.39, 0.29) is 5.91 Å². The molecule has 1 fully saturated rings. The van der Waals surface area contributed by atoms with Gasteiger partial charge in [-0.05, 0) is 31.4 Å². The molecule has 2 aromatic rings. The molecule has 1 amide bonds. The molecule has 0 aromatic carbocycles. The maximum Gasteiger partial charge on any atom is 0.230 e. The van der Waals surface area contributed by atoms with Crippen LogP contribution in [0, 0.1) is 0 Å². The number of carbonyl (C=O) groups is 1. The van der Waals surface area contributed by atoms with Crippen molar-refractivity contribution in [3.8, 4) is 11.4 Å². The van der Waals surface area contributed by atoms with Crippen LogP contribution >= 0.6 is 11.8 Å². The zero-order valence-electron chi connectivity index (χ0n) is 14.6. The first-order valence-electron chi connectivity index (χ1n) is 9.04. The standard InChI is InChI=1S/C18H25N5OS/c1-2-10-20-16(24)13-25-18-22-21-17(14-7-6-11-19-12-14)23(18)15-8-4-3-5-9-15/h6-7,11-12,15H,2-5,8-10,13H2,1H3,(H,20,24). The van der Waals surface area contributed by atoms with Crippen molar-refractivity contribution in [2.24, 2.45) is 0 Å². The minimum atomic E-state index is 0.0490. The van der Waals surface area contributed by atoms with Gasteiger partial charge in [-0.25, -0.2) is 0 Å². The van der Waals surface area contributed by atoms with Crippen molar-refractivity contribution in [1.82, 2.24) is 25.1 Å². The van der Waals surface area contributed by atoms with Gasteiger partial charge in [-0.3, -0.25) is 14.3 Å². The van der Waals surface area contributed by atoms with Crippen molar-refractivity contribution >= 4 is 17.7 Å². The van der Waals surface area contributed by atoms with E-state index in [2.05, 4.69) is 25.1 Å². The molecule has 25 heavy (non-hydrogen) atoms. The molecule has 7 heteroatoms. The van der Waals surface area contributed by atoms with E-state index in [0.29, 0.717) is 11.8 Å². The molecule has 2 aromatic heterocycles. The molecular formula is C18H25N5OS. The first kappa shape index (κ1) is 17.9. The van der Waals surface area contributed by atoms with Crippen LogP contribution in [0.4, 0.5) is 0 Å². The minimum absolute atomic E-state index is 0.0490. The predicted molar refractivity (Wildman–Crippen MR) is 99.4 cm³/mol. The van der Waals surface area contributed by atoms with E-state index in [1.54, 1.807) is 6.20 Å². The van der Waals surface area contributed by atoms with Crippen LogP contribution < -0.4 is 5.32 Å². The molecule has 6 nitrogen and oxygen atoms in total. The molecule has 1 aliphatic carbocycles. The maximum absolute atomic E-state index is 11.9. The number of carbonyl (C=O) groups excluding carboxylic acids is 1. The van der Waals surface area contributed by atoms with E-state index < -0.39 is 0 Å². The molecule has 1 aliphatic rings. The summed E-state index contributed by atoms with van der Waals surface area (Å²) >= 11 is 1.47. The molecule has 1 saturated carbocycles. The van der Waals surface area contributed by atoms with E-state index in [9.17, 15) is 4.79 Å². The molecule has 1 N–H and O–H groups in total. The van der Waals surface area contributed by atoms with Crippen LogP contribution in [-0.4, -0.2) is 38.0 Å². The first-order valence-corrected chi connectivity index (χ1v) is 10.0. The average molecular weight is 359 g/mol. The van der Waals surface area contributed by atoms with Gasteiger partial charge in [0.25, 0.3) is 0 Å². The number of hydrogen-bond donors (Lipinski definition) is 1. The number of nitrogens with one attached hydrogen (secondary N) is 1. The summed E-state index contributed by atoms with van der Waals surface area (Å²) < 4.78 is 2.23. The van der Waals surface area contributed by atoms with Gasteiger partial charge in [0.05, 0.1) is 5.75 Å². The number of aromatic nitrogens is 4. The Hall–Kier alpha value is -1.89. The molecule has 0 unspecified atom stereocenters. The summed E-state index contributed by atoms with van der Waals surface area (Å²) in [6.07, 6.45) is 10.6. The predicted octanol–water partition coefficient (Wildman–Crippen LogP) is 3.46. The lowest BCUT2D eigenvalue weighted by Crippen LogP contribution is -2.26. The van der Waals surface area contributed by atoms with Gasteiger partial charge in [-0.2, -0.15) is 0 Å². The zero-order valence-corrected chi connectivity index (χ0v) is 15.5. The number of nitrogens with zero attached hydrogens (tertiary/aromatic N) is 4. The van der Waals surface area contributed by atoms with Crippen LogP contribution in [0.25, 0.3) is 11.4 Å². The number of amides is 1. The smallest absolute Gasteiger partial charge is 0.230 e. The average Bonchev–Trinajstić information content (AvgIpc) is 3.10. The molecule has 0 bridgehead atoms.